The molecule has 0 aromatic carbocycles. The number of rotatable bonds is 8. The highest BCUT2D eigenvalue weighted by Gasteiger charge is 2.37. The van der Waals surface area contributed by atoms with Crippen molar-refractivity contribution in [2.75, 3.05) is 26.3 Å². The van der Waals surface area contributed by atoms with Gasteiger partial charge in [0.25, 0.3) is 0 Å². The Hall–Kier alpha value is -0.810. The third-order valence-corrected chi connectivity index (χ3v) is 2.94. The number of esters is 2. The minimum absolute atomic E-state index is 0.232. The first kappa shape index (κ1) is 17.2. The van der Waals surface area contributed by atoms with Crippen molar-refractivity contribution in [3.05, 3.63) is 0 Å². The summed E-state index contributed by atoms with van der Waals surface area (Å²) in [6.45, 7) is 8.88. The summed E-state index contributed by atoms with van der Waals surface area (Å²) < 4.78 is 9.81. The van der Waals surface area contributed by atoms with Crippen LogP contribution >= 0.6 is 11.6 Å². The molecule has 5 nitrogen and oxygen atoms in total. The van der Waals surface area contributed by atoms with E-state index in [1.54, 1.807) is 18.7 Å². The van der Waals surface area contributed by atoms with Crippen molar-refractivity contribution < 1.29 is 19.1 Å². The quantitative estimate of drug-likeness (QED) is 0.497. The molecular weight excluding hydrogens is 258 g/mol. The van der Waals surface area contributed by atoms with Crippen molar-refractivity contribution in [3.8, 4) is 0 Å². The van der Waals surface area contributed by atoms with E-state index in [0.717, 1.165) is 0 Å². The van der Waals surface area contributed by atoms with Crippen molar-refractivity contribution in [2.45, 2.75) is 39.1 Å². The molecule has 0 saturated heterocycles. The summed E-state index contributed by atoms with van der Waals surface area (Å²) in [5.41, 5.74) is 0. The molecule has 2 atom stereocenters. The molecule has 2 unspecified atom stereocenters. The van der Waals surface area contributed by atoms with Crippen LogP contribution in [0.5, 0.6) is 0 Å². The second kappa shape index (κ2) is 9.16. The highest BCUT2D eigenvalue weighted by Crippen LogP contribution is 2.14. The standard InChI is InChI=1S/C12H22ClNO4/c1-5-14(6-2)10(12(16)18-8-4)9(13)11(15)17-7-3/h9-10H,5-8H2,1-4H3. The van der Waals surface area contributed by atoms with Crippen LogP contribution in [0, 0.1) is 0 Å². The summed E-state index contributed by atoms with van der Waals surface area (Å²) in [4.78, 5) is 25.3. The molecule has 0 aromatic heterocycles. The Labute approximate surface area is 113 Å². The molecule has 106 valence electrons. The molecule has 0 amide bonds. The molecule has 0 aliphatic carbocycles. The van der Waals surface area contributed by atoms with Crippen LogP contribution < -0.4 is 0 Å². The molecule has 0 N–H and O–H groups in total. The number of carbonyl (C=O) groups excluding carboxylic acids is 2. The zero-order chi connectivity index (χ0) is 14.1. The molecule has 18 heavy (non-hydrogen) atoms. The van der Waals surface area contributed by atoms with Crippen LogP contribution in [0.1, 0.15) is 27.7 Å². The summed E-state index contributed by atoms with van der Waals surface area (Å²) in [5, 5.41) is -1.05. The Bertz CT molecular complexity index is 269. The largest absolute Gasteiger partial charge is 0.465 e. The van der Waals surface area contributed by atoms with Crippen LogP contribution in [-0.4, -0.2) is 54.6 Å². The van der Waals surface area contributed by atoms with E-state index in [9.17, 15) is 9.59 Å². The first-order chi connectivity index (χ1) is 8.53. The Kier molecular flexibility index (Phi) is 8.75. The maximum atomic E-state index is 11.9. The fourth-order valence-electron chi connectivity index (χ4n) is 1.65. The number of alkyl halides is 1. The average molecular weight is 280 g/mol. The van der Waals surface area contributed by atoms with Crippen molar-refractivity contribution >= 4 is 23.5 Å². The van der Waals surface area contributed by atoms with E-state index in [0.29, 0.717) is 13.1 Å². The fourth-order valence-corrected chi connectivity index (χ4v) is 1.97. The molecule has 0 aliphatic rings. The topological polar surface area (TPSA) is 55.8 Å². The van der Waals surface area contributed by atoms with E-state index in [-0.39, 0.29) is 13.2 Å². The fraction of sp³-hybridized carbons (Fsp3) is 0.833. The van der Waals surface area contributed by atoms with Gasteiger partial charge in [0.2, 0.25) is 0 Å². The number of carbonyl (C=O) groups is 2. The number of ether oxygens (including phenoxy) is 2. The van der Waals surface area contributed by atoms with Crippen LogP contribution in [0.4, 0.5) is 0 Å². The minimum atomic E-state index is -1.05. The Balaban J connectivity index is 4.94. The lowest BCUT2D eigenvalue weighted by molar-refractivity contribution is -0.155. The summed E-state index contributed by atoms with van der Waals surface area (Å²) in [6.07, 6.45) is 0. The maximum absolute atomic E-state index is 11.9. The van der Waals surface area contributed by atoms with Gasteiger partial charge >= 0.3 is 11.9 Å². The smallest absolute Gasteiger partial charge is 0.326 e. The number of hydrogen-bond donors (Lipinski definition) is 0. The molecule has 0 rings (SSSR count). The van der Waals surface area contributed by atoms with Gasteiger partial charge in [-0.2, -0.15) is 0 Å². The van der Waals surface area contributed by atoms with Gasteiger partial charge in [-0.15, -0.1) is 11.6 Å². The van der Waals surface area contributed by atoms with Gasteiger partial charge in [-0.25, -0.2) is 0 Å². The van der Waals surface area contributed by atoms with Crippen LogP contribution in [-0.2, 0) is 19.1 Å². The third-order valence-electron chi connectivity index (χ3n) is 2.52. The van der Waals surface area contributed by atoms with Crippen LogP contribution in [0.15, 0.2) is 0 Å². The van der Waals surface area contributed by atoms with E-state index < -0.39 is 23.4 Å². The van der Waals surface area contributed by atoms with Gasteiger partial charge < -0.3 is 9.47 Å². The van der Waals surface area contributed by atoms with E-state index in [1.165, 1.54) is 0 Å². The molecule has 6 heteroatoms. The second-order valence-electron chi connectivity index (χ2n) is 3.57. The van der Waals surface area contributed by atoms with E-state index in [4.69, 9.17) is 21.1 Å². The van der Waals surface area contributed by atoms with Crippen LogP contribution in [0.25, 0.3) is 0 Å². The molecule has 0 spiro atoms. The van der Waals surface area contributed by atoms with Crippen LogP contribution in [0.3, 0.4) is 0 Å². The van der Waals surface area contributed by atoms with Crippen LogP contribution in [0.2, 0.25) is 0 Å². The van der Waals surface area contributed by atoms with Gasteiger partial charge in [-0.05, 0) is 26.9 Å². The van der Waals surface area contributed by atoms with Crippen molar-refractivity contribution in [1.82, 2.24) is 4.90 Å². The molecule has 0 bridgehead atoms. The number of halogens is 1. The van der Waals surface area contributed by atoms with Crippen molar-refractivity contribution in [3.63, 3.8) is 0 Å². The number of hydrogen-bond acceptors (Lipinski definition) is 5. The number of nitrogens with zero attached hydrogens (tertiary/aromatic N) is 1. The second-order valence-corrected chi connectivity index (χ2v) is 4.04. The van der Waals surface area contributed by atoms with Crippen molar-refractivity contribution in [1.29, 1.82) is 0 Å². The Morgan fingerprint density at radius 3 is 1.83 bits per heavy atom. The molecule has 0 aromatic rings. The highest BCUT2D eigenvalue weighted by atomic mass is 35.5. The average Bonchev–Trinajstić information content (AvgIpc) is 2.35. The number of likely N-dealkylation sites (N-methyl/N-ethyl adjacent to an activating group) is 1. The SMILES string of the molecule is CCOC(=O)C(Cl)C(C(=O)OCC)N(CC)CC. The molecule has 0 saturated carbocycles. The molecular formula is C12H22ClNO4. The summed E-state index contributed by atoms with van der Waals surface area (Å²) in [6, 6.07) is -0.805. The maximum Gasteiger partial charge on any atom is 0.326 e. The van der Waals surface area contributed by atoms with Gasteiger partial charge in [0.1, 0.15) is 6.04 Å². The zero-order valence-corrected chi connectivity index (χ0v) is 12.2. The highest BCUT2D eigenvalue weighted by molar-refractivity contribution is 6.31. The monoisotopic (exact) mass is 279 g/mol. The molecule has 0 aliphatic heterocycles. The lowest BCUT2D eigenvalue weighted by Gasteiger charge is -2.29. The van der Waals surface area contributed by atoms with Gasteiger partial charge in [0.15, 0.2) is 5.38 Å². The molecule has 0 heterocycles. The summed E-state index contributed by atoms with van der Waals surface area (Å²) in [7, 11) is 0. The molecule has 0 radical (unpaired) electrons. The van der Waals surface area contributed by atoms with Gasteiger partial charge in [0, 0.05) is 0 Å². The van der Waals surface area contributed by atoms with Gasteiger partial charge in [0.05, 0.1) is 13.2 Å². The normalized spacial score (nSPS) is 14.1. The lowest BCUT2D eigenvalue weighted by atomic mass is 10.1. The van der Waals surface area contributed by atoms with E-state index in [1.807, 2.05) is 13.8 Å². The predicted octanol–water partition coefficient (Wildman–Crippen LogP) is 1.43. The first-order valence-corrected chi connectivity index (χ1v) is 6.68. The van der Waals surface area contributed by atoms with E-state index >= 15 is 0 Å². The van der Waals surface area contributed by atoms with E-state index in [2.05, 4.69) is 0 Å². The summed E-state index contributed by atoms with van der Waals surface area (Å²) >= 11 is 6.04. The molecule has 0 fully saturated rings. The first-order valence-electron chi connectivity index (χ1n) is 6.24. The van der Waals surface area contributed by atoms with Gasteiger partial charge in [-0.1, -0.05) is 13.8 Å². The Morgan fingerprint density at radius 1 is 1.00 bits per heavy atom. The van der Waals surface area contributed by atoms with Gasteiger partial charge in [-0.3, -0.25) is 14.5 Å². The third kappa shape index (κ3) is 4.82. The predicted molar refractivity (Wildman–Crippen MR) is 69.6 cm³/mol. The van der Waals surface area contributed by atoms with Crippen molar-refractivity contribution in [2.24, 2.45) is 0 Å². The summed E-state index contributed by atoms with van der Waals surface area (Å²) in [5.74, 6) is -1.08. The zero-order valence-electron chi connectivity index (χ0n) is 11.4. The lowest BCUT2D eigenvalue weighted by Crippen LogP contribution is -2.50. The minimum Gasteiger partial charge on any atom is -0.465 e. The Morgan fingerprint density at radius 2 is 1.44 bits per heavy atom.